The molecular weight excluding hydrogens is 328 g/mol. The van der Waals surface area contributed by atoms with Gasteiger partial charge in [0.25, 0.3) is 0 Å². The molecule has 1 aromatic carbocycles. The van der Waals surface area contributed by atoms with Crippen molar-refractivity contribution in [1.82, 2.24) is 4.98 Å². The number of anilines is 1. The van der Waals surface area contributed by atoms with Gasteiger partial charge in [0.1, 0.15) is 0 Å². The Morgan fingerprint density at radius 2 is 2.16 bits per heavy atom. The zero-order valence-electron chi connectivity index (χ0n) is 10.4. The van der Waals surface area contributed by atoms with E-state index in [0.717, 1.165) is 15.9 Å². The molecule has 2 N–H and O–H groups in total. The van der Waals surface area contributed by atoms with Crippen LogP contribution in [0.5, 0.6) is 0 Å². The number of nitrogens with zero attached hydrogens (tertiary/aromatic N) is 1. The van der Waals surface area contributed by atoms with Crippen molar-refractivity contribution in [3.8, 4) is 0 Å². The summed E-state index contributed by atoms with van der Waals surface area (Å²) in [6.07, 6.45) is 1.71. The van der Waals surface area contributed by atoms with E-state index in [9.17, 15) is 5.11 Å². The molecule has 3 nitrogen and oxygen atoms in total. The van der Waals surface area contributed by atoms with Crippen molar-refractivity contribution in [2.75, 3.05) is 11.9 Å². The lowest BCUT2D eigenvalue weighted by Gasteiger charge is -2.29. The Morgan fingerprint density at radius 1 is 1.37 bits per heavy atom. The summed E-state index contributed by atoms with van der Waals surface area (Å²) >= 11 is 9.35. The van der Waals surface area contributed by atoms with Crippen LogP contribution in [-0.4, -0.2) is 16.7 Å². The molecule has 0 aliphatic heterocycles. The maximum atomic E-state index is 9.68. The van der Waals surface area contributed by atoms with Gasteiger partial charge in [0.05, 0.1) is 22.9 Å². The van der Waals surface area contributed by atoms with Gasteiger partial charge in [-0.1, -0.05) is 17.7 Å². The van der Waals surface area contributed by atoms with Gasteiger partial charge in [0.2, 0.25) is 0 Å². The zero-order valence-corrected chi connectivity index (χ0v) is 12.7. The number of benzene rings is 1. The van der Waals surface area contributed by atoms with E-state index in [2.05, 4.69) is 26.2 Å². The Balaban J connectivity index is 2.30. The first-order chi connectivity index (χ1) is 9.05. The standard InChI is InChI=1S/C14H14BrClN2O/c1-14(9-19,13-4-2-3-7-17-13)18-10-5-6-12(16)11(15)8-10/h2-8,18-19H,9H2,1H3. The van der Waals surface area contributed by atoms with Crippen molar-refractivity contribution in [3.63, 3.8) is 0 Å². The maximum Gasteiger partial charge on any atom is 0.1000 e. The Bertz CT molecular complexity index is 565. The van der Waals surface area contributed by atoms with Gasteiger partial charge in [-0.3, -0.25) is 4.98 Å². The summed E-state index contributed by atoms with van der Waals surface area (Å²) in [7, 11) is 0. The average Bonchev–Trinajstić information content (AvgIpc) is 2.44. The molecule has 0 bridgehead atoms. The van der Waals surface area contributed by atoms with Crippen LogP contribution in [0.1, 0.15) is 12.6 Å². The Kier molecular flexibility index (Phi) is 4.45. The number of pyridine rings is 1. The largest absolute Gasteiger partial charge is 0.394 e. The van der Waals surface area contributed by atoms with Crippen LogP contribution < -0.4 is 5.32 Å². The number of hydrogen-bond donors (Lipinski definition) is 2. The lowest BCUT2D eigenvalue weighted by atomic mass is 9.97. The van der Waals surface area contributed by atoms with Gasteiger partial charge in [-0.25, -0.2) is 0 Å². The molecular formula is C14H14BrClN2O. The third kappa shape index (κ3) is 3.26. The molecule has 1 atom stereocenters. The molecule has 19 heavy (non-hydrogen) atoms. The average molecular weight is 342 g/mol. The smallest absolute Gasteiger partial charge is 0.1000 e. The van der Waals surface area contributed by atoms with E-state index >= 15 is 0 Å². The van der Waals surface area contributed by atoms with Crippen LogP contribution in [0.3, 0.4) is 0 Å². The first-order valence-electron chi connectivity index (χ1n) is 5.81. The second-order valence-corrected chi connectivity index (χ2v) is 5.72. The Hall–Kier alpha value is -1.10. The molecule has 0 saturated carbocycles. The molecule has 2 aromatic rings. The molecule has 1 unspecified atom stereocenters. The molecule has 0 fully saturated rings. The fourth-order valence-corrected chi connectivity index (χ4v) is 2.26. The molecule has 1 heterocycles. The third-order valence-corrected chi connectivity index (χ3v) is 4.10. The highest BCUT2D eigenvalue weighted by molar-refractivity contribution is 9.10. The number of nitrogens with one attached hydrogen (secondary N) is 1. The number of aliphatic hydroxyl groups is 1. The minimum Gasteiger partial charge on any atom is -0.394 e. The molecule has 0 saturated heterocycles. The first kappa shape index (κ1) is 14.3. The third-order valence-electron chi connectivity index (χ3n) is 2.89. The fraction of sp³-hybridized carbons (Fsp3) is 0.214. The van der Waals surface area contributed by atoms with Crippen molar-refractivity contribution in [1.29, 1.82) is 0 Å². The highest BCUT2D eigenvalue weighted by atomic mass is 79.9. The summed E-state index contributed by atoms with van der Waals surface area (Å²) in [6, 6.07) is 11.2. The van der Waals surface area contributed by atoms with Crippen molar-refractivity contribution in [3.05, 3.63) is 57.8 Å². The van der Waals surface area contributed by atoms with Crippen molar-refractivity contribution in [2.24, 2.45) is 0 Å². The minimum absolute atomic E-state index is 0.0652. The van der Waals surface area contributed by atoms with E-state index in [1.54, 1.807) is 12.3 Å². The maximum absolute atomic E-state index is 9.68. The van der Waals surface area contributed by atoms with Gasteiger partial charge >= 0.3 is 0 Å². The van der Waals surface area contributed by atoms with Crippen LogP contribution in [0.2, 0.25) is 5.02 Å². The Labute approximate surface area is 125 Å². The highest BCUT2D eigenvalue weighted by Gasteiger charge is 2.27. The van der Waals surface area contributed by atoms with E-state index in [1.165, 1.54) is 0 Å². The highest BCUT2D eigenvalue weighted by Crippen LogP contribution is 2.29. The van der Waals surface area contributed by atoms with E-state index < -0.39 is 5.54 Å². The summed E-state index contributed by atoms with van der Waals surface area (Å²) in [4.78, 5) is 4.30. The topological polar surface area (TPSA) is 45.1 Å². The Morgan fingerprint density at radius 3 is 2.74 bits per heavy atom. The van der Waals surface area contributed by atoms with Crippen LogP contribution >= 0.6 is 27.5 Å². The molecule has 5 heteroatoms. The summed E-state index contributed by atoms with van der Waals surface area (Å²) < 4.78 is 0.806. The van der Waals surface area contributed by atoms with Crippen LogP contribution in [0.4, 0.5) is 5.69 Å². The number of halogens is 2. The second-order valence-electron chi connectivity index (χ2n) is 4.46. The van der Waals surface area contributed by atoms with Crippen LogP contribution in [0.15, 0.2) is 47.1 Å². The van der Waals surface area contributed by atoms with E-state index in [1.807, 2.05) is 37.3 Å². The lowest BCUT2D eigenvalue weighted by molar-refractivity contribution is 0.221. The van der Waals surface area contributed by atoms with Crippen molar-refractivity contribution < 1.29 is 5.11 Å². The van der Waals surface area contributed by atoms with Gasteiger partial charge in [-0.05, 0) is 53.2 Å². The molecule has 0 aliphatic rings. The fourth-order valence-electron chi connectivity index (χ4n) is 1.77. The number of aromatic nitrogens is 1. The van der Waals surface area contributed by atoms with E-state index in [4.69, 9.17) is 11.6 Å². The summed E-state index contributed by atoms with van der Waals surface area (Å²) in [5.41, 5.74) is 0.996. The van der Waals surface area contributed by atoms with Crippen LogP contribution in [0.25, 0.3) is 0 Å². The minimum atomic E-state index is -0.644. The van der Waals surface area contributed by atoms with Gasteiger partial charge in [-0.15, -0.1) is 0 Å². The van der Waals surface area contributed by atoms with Crippen molar-refractivity contribution >= 4 is 33.2 Å². The van der Waals surface area contributed by atoms with Gasteiger partial charge < -0.3 is 10.4 Å². The monoisotopic (exact) mass is 340 g/mol. The predicted octanol–water partition coefficient (Wildman–Crippen LogP) is 3.82. The summed E-state index contributed by atoms with van der Waals surface area (Å²) in [6.45, 7) is 1.84. The van der Waals surface area contributed by atoms with Crippen LogP contribution in [-0.2, 0) is 5.54 Å². The SMILES string of the molecule is CC(CO)(Nc1ccc(Cl)c(Br)c1)c1ccccn1. The quantitative estimate of drug-likeness (QED) is 0.888. The second kappa shape index (κ2) is 5.90. The summed E-state index contributed by atoms with van der Waals surface area (Å²) in [5, 5.41) is 13.6. The van der Waals surface area contributed by atoms with Gasteiger partial charge in [0, 0.05) is 16.4 Å². The van der Waals surface area contributed by atoms with E-state index in [0.29, 0.717) is 5.02 Å². The predicted molar refractivity (Wildman–Crippen MR) is 81.4 cm³/mol. The molecule has 0 amide bonds. The molecule has 0 aliphatic carbocycles. The number of aliphatic hydroxyl groups excluding tert-OH is 1. The van der Waals surface area contributed by atoms with Gasteiger partial charge in [-0.2, -0.15) is 0 Å². The summed E-state index contributed by atoms with van der Waals surface area (Å²) in [5.74, 6) is 0. The molecule has 2 rings (SSSR count). The molecule has 0 spiro atoms. The molecule has 0 radical (unpaired) electrons. The van der Waals surface area contributed by atoms with E-state index in [-0.39, 0.29) is 6.61 Å². The lowest BCUT2D eigenvalue weighted by Crippen LogP contribution is -2.36. The number of hydrogen-bond acceptors (Lipinski definition) is 3. The number of rotatable bonds is 4. The van der Waals surface area contributed by atoms with Crippen molar-refractivity contribution in [2.45, 2.75) is 12.5 Å². The normalized spacial score (nSPS) is 13.9. The molecule has 1 aromatic heterocycles. The van der Waals surface area contributed by atoms with Crippen LogP contribution in [0, 0.1) is 0 Å². The first-order valence-corrected chi connectivity index (χ1v) is 6.98. The van der Waals surface area contributed by atoms with Gasteiger partial charge in [0.15, 0.2) is 0 Å². The molecule has 100 valence electrons. The zero-order chi connectivity index (χ0) is 13.9.